The lowest BCUT2D eigenvalue weighted by Gasteiger charge is -2.15. The number of rotatable bonds is 6. The molecular weight excluding hydrogens is 215 g/mol. The van der Waals surface area contributed by atoms with Crippen molar-refractivity contribution in [3.8, 4) is 0 Å². The third kappa shape index (κ3) is 10.7. The van der Waals surface area contributed by atoms with Crippen LogP contribution in [0.15, 0.2) is 0 Å². The van der Waals surface area contributed by atoms with Gasteiger partial charge in [0.2, 0.25) is 5.02 Å². The lowest BCUT2D eigenvalue weighted by atomic mass is 10.9. The molecule has 0 aromatic heterocycles. The van der Waals surface area contributed by atoms with Crippen LogP contribution in [0.5, 0.6) is 0 Å². The number of hydrogen-bond acceptors (Lipinski definition) is 2. The van der Waals surface area contributed by atoms with Crippen molar-refractivity contribution in [2.24, 2.45) is 0 Å². The van der Waals surface area contributed by atoms with Gasteiger partial charge in [-0.3, -0.25) is 0 Å². The molecule has 2 nitrogen and oxygen atoms in total. The Kier molecular flexibility index (Phi) is 6.58. The second-order valence-corrected chi connectivity index (χ2v) is 10.4. The largest absolute Gasteiger partial charge is 0.356 e. The second-order valence-electron chi connectivity index (χ2n) is 3.76. The minimum absolute atomic E-state index is 0.183. The molecule has 0 unspecified atom stereocenters. The Balaban J connectivity index is 3.12. The van der Waals surface area contributed by atoms with E-state index in [1.807, 2.05) is 0 Å². The molecule has 5 heteroatoms. The predicted octanol–water partition coefficient (Wildman–Crippen LogP) is 3.08. The van der Waals surface area contributed by atoms with Gasteiger partial charge in [-0.05, 0) is 6.04 Å². The summed E-state index contributed by atoms with van der Waals surface area (Å²) in [5.74, 6) is 0. The highest BCUT2D eigenvalue weighted by atomic mass is 35.5. The summed E-state index contributed by atoms with van der Waals surface area (Å²) < 4.78 is 9.94. The summed E-state index contributed by atoms with van der Waals surface area (Å²) in [5, 5.41) is -0.781. The number of ether oxygens (including phenoxy) is 2. The average molecular weight is 231 g/mol. The van der Waals surface area contributed by atoms with Gasteiger partial charge in [0, 0.05) is 14.7 Å². The molecule has 0 amide bonds. The number of alkyl halides is 2. The Morgan fingerprint density at radius 3 is 2.25 bits per heavy atom. The minimum Gasteiger partial charge on any atom is -0.356 e. The SMILES string of the molecule is C[Si](C)(C)CCOCOC(Cl)Cl. The molecule has 0 heterocycles. The van der Waals surface area contributed by atoms with E-state index in [0.29, 0.717) is 0 Å². The van der Waals surface area contributed by atoms with Crippen molar-refractivity contribution in [1.29, 1.82) is 0 Å². The fourth-order valence-corrected chi connectivity index (χ4v) is 1.40. The van der Waals surface area contributed by atoms with E-state index >= 15 is 0 Å². The van der Waals surface area contributed by atoms with Gasteiger partial charge in [0.15, 0.2) is 0 Å². The van der Waals surface area contributed by atoms with Crippen molar-refractivity contribution in [3.63, 3.8) is 0 Å². The Bertz CT molecular complexity index is 114. The molecule has 0 aromatic rings. The average Bonchev–Trinajstić information content (AvgIpc) is 1.83. The van der Waals surface area contributed by atoms with Gasteiger partial charge in [-0.25, -0.2) is 0 Å². The Morgan fingerprint density at radius 1 is 1.25 bits per heavy atom. The van der Waals surface area contributed by atoms with E-state index in [9.17, 15) is 0 Å². The molecule has 74 valence electrons. The van der Waals surface area contributed by atoms with E-state index in [-0.39, 0.29) is 6.79 Å². The first-order valence-electron chi connectivity index (χ1n) is 3.89. The predicted molar refractivity (Wildman–Crippen MR) is 55.6 cm³/mol. The maximum Gasteiger partial charge on any atom is 0.208 e. The maximum atomic E-state index is 5.32. The van der Waals surface area contributed by atoms with E-state index in [0.717, 1.165) is 12.7 Å². The molecule has 0 aliphatic heterocycles. The van der Waals surface area contributed by atoms with Crippen LogP contribution in [0, 0.1) is 0 Å². The van der Waals surface area contributed by atoms with Crippen LogP contribution in [0.4, 0.5) is 0 Å². The molecule has 0 rings (SSSR count). The molecule has 0 saturated carbocycles. The van der Waals surface area contributed by atoms with Crippen molar-refractivity contribution in [2.75, 3.05) is 13.4 Å². The maximum absolute atomic E-state index is 5.32. The van der Waals surface area contributed by atoms with Crippen LogP contribution in [-0.4, -0.2) is 26.5 Å². The van der Waals surface area contributed by atoms with Gasteiger partial charge < -0.3 is 9.47 Å². The van der Waals surface area contributed by atoms with Gasteiger partial charge in [-0.2, -0.15) is 0 Å². The van der Waals surface area contributed by atoms with Crippen molar-refractivity contribution in [1.82, 2.24) is 0 Å². The fraction of sp³-hybridized carbons (Fsp3) is 1.00. The lowest BCUT2D eigenvalue weighted by Crippen LogP contribution is -2.22. The van der Waals surface area contributed by atoms with E-state index in [1.165, 1.54) is 0 Å². The zero-order chi connectivity index (χ0) is 9.61. The monoisotopic (exact) mass is 230 g/mol. The molecule has 0 atom stereocenters. The summed E-state index contributed by atoms with van der Waals surface area (Å²) in [7, 11) is -0.981. The van der Waals surface area contributed by atoms with Crippen LogP contribution >= 0.6 is 23.2 Å². The Labute approximate surface area is 85.1 Å². The van der Waals surface area contributed by atoms with Gasteiger partial charge in [-0.15, -0.1) is 0 Å². The molecule has 0 bridgehead atoms. The molecule has 0 radical (unpaired) electrons. The molecule has 0 aromatic carbocycles. The third-order valence-corrected chi connectivity index (χ3v) is 3.23. The normalized spacial score (nSPS) is 12.5. The first-order valence-corrected chi connectivity index (χ1v) is 8.47. The summed E-state index contributed by atoms with van der Waals surface area (Å²) in [6.45, 7) is 7.80. The van der Waals surface area contributed by atoms with E-state index in [4.69, 9.17) is 32.7 Å². The summed E-state index contributed by atoms with van der Waals surface area (Å²) >= 11 is 10.6. The molecule has 0 N–H and O–H groups in total. The Morgan fingerprint density at radius 2 is 1.83 bits per heavy atom. The summed E-state index contributed by atoms with van der Waals surface area (Å²) in [6, 6.07) is 1.13. The molecule has 0 fully saturated rings. The van der Waals surface area contributed by atoms with Gasteiger partial charge in [0.1, 0.15) is 6.79 Å². The highest BCUT2D eigenvalue weighted by Gasteiger charge is 2.11. The molecule has 12 heavy (non-hydrogen) atoms. The summed E-state index contributed by atoms with van der Waals surface area (Å²) in [4.78, 5) is 0. The van der Waals surface area contributed by atoms with Gasteiger partial charge in [0.25, 0.3) is 0 Å². The smallest absolute Gasteiger partial charge is 0.208 e. The Hall–Kier alpha value is 0.717. The zero-order valence-electron chi connectivity index (χ0n) is 7.77. The van der Waals surface area contributed by atoms with Crippen LogP contribution in [0.3, 0.4) is 0 Å². The van der Waals surface area contributed by atoms with Crippen LogP contribution in [0.2, 0.25) is 25.7 Å². The fourth-order valence-electron chi connectivity index (χ4n) is 0.537. The molecule has 0 saturated heterocycles. The lowest BCUT2D eigenvalue weighted by molar-refractivity contribution is -0.0429. The highest BCUT2D eigenvalue weighted by Crippen LogP contribution is 2.08. The van der Waals surface area contributed by atoms with Crippen molar-refractivity contribution < 1.29 is 9.47 Å². The van der Waals surface area contributed by atoms with Crippen molar-refractivity contribution in [2.45, 2.75) is 30.7 Å². The first-order chi connectivity index (χ1) is 5.42. The van der Waals surface area contributed by atoms with E-state index in [1.54, 1.807) is 0 Å². The molecule has 0 aliphatic carbocycles. The second kappa shape index (κ2) is 6.21. The summed E-state index contributed by atoms with van der Waals surface area (Å²) in [6.07, 6.45) is 0. The van der Waals surface area contributed by atoms with E-state index in [2.05, 4.69) is 19.6 Å². The molecule has 0 aliphatic rings. The van der Waals surface area contributed by atoms with Gasteiger partial charge in [-0.1, -0.05) is 42.8 Å². The molecular formula is C7H16Cl2O2Si. The molecule has 0 spiro atoms. The highest BCUT2D eigenvalue weighted by molar-refractivity contribution is 6.76. The first kappa shape index (κ1) is 12.7. The van der Waals surface area contributed by atoms with Crippen LogP contribution in [0.25, 0.3) is 0 Å². The van der Waals surface area contributed by atoms with Crippen LogP contribution in [0.1, 0.15) is 0 Å². The van der Waals surface area contributed by atoms with Gasteiger partial charge in [0.05, 0.1) is 0 Å². The van der Waals surface area contributed by atoms with Gasteiger partial charge >= 0.3 is 0 Å². The summed E-state index contributed by atoms with van der Waals surface area (Å²) in [5.41, 5.74) is 0. The third-order valence-electron chi connectivity index (χ3n) is 1.27. The van der Waals surface area contributed by atoms with Crippen LogP contribution < -0.4 is 0 Å². The van der Waals surface area contributed by atoms with Crippen molar-refractivity contribution >= 4 is 31.3 Å². The number of halogens is 2. The number of hydrogen-bond donors (Lipinski definition) is 0. The minimum atomic E-state index is -0.981. The zero-order valence-corrected chi connectivity index (χ0v) is 10.3. The van der Waals surface area contributed by atoms with Crippen molar-refractivity contribution in [3.05, 3.63) is 0 Å². The van der Waals surface area contributed by atoms with E-state index < -0.39 is 13.1 Å². The van der Waals surface area contributed by atoms with Crippen LogP contribution in [-0.2, 0) is 9.47 Å². The standard InChI is InChI=1S/C7H16Cl2O2Si/c1-12(2,3)5-4-10-6-11-7(8)9/h7H,4-6H2,1-3H3. The quantitative estimate of drug-likeness (QED) is 0.303. The topological polar surface area (TPSA) is 18.5 Å².